The molecule has 2 atom stereocenters. The second-order valence-corrected chi connectivity index (χ2v) is 10.8. The number of nitrogen functional groups attached to an aromatic ring is 1. The molecule has 3 aromatic rings. The van der Waals surface area contributed by atoms with Crippen LogP contribution < -0.4 is 16.0 Å². The zero-order chi connectivity index (χ0) is 26.5. The SMILES string of the molecule is CN(C(=O)c1cc(NC(=O)C2[C@H](c3ccc(Cl)c(Cl)c3)C2(Cl)Cl)ccc1Cl)c1ccc(F)c(N)c1F. The first kappa shape index (κ1) is 26.8. The molecular formula is C24H16Cl5F2N3O2. The van der Waals surface area contributed by atoms with Crippen LogP contribution in [0.15, 0.2) is 48.5 Å². The number of carbonyl (C=O) groups is 2. The summed E-state index contributed by atoms with van der Waals surface area (Å²) in [6.45, 7) is 0. The van der Waals surface area contributed by atoms with Gasteiger partial charge in [-0.15, -0.1) is 23.2 Å². The van der Waals surface area contributed by atoms with Crippen LogP contribution in [0.4, 0.5) is 25.8 Å². The zero-order valence-corrected chi connectivity index (χ0v) is 22.0. The highest BCUT2D eigenvalue weighted by Crippen LogP contribution is 2.65. The molecule has 3 N–H and O–H groups in total. The van der Waals surface area contributed by atoms with Crippen LogP contribution >= 0.6 is 58.0 Å². The molecule has 0 heterocycles. The van der Waals surface area contributed by atoms with E-state index in [-0.39, 0.29) is 22.0 Å². The fourth-order valence-corrected chi connectivity index (χ4v) is 5.20. The number of hydrogen-bond donors (Lipinski definition) is 2. The Morgan fingerprint density at radius 2 is 1.64 bits per heavy atom. The summed E-state index contributed by atoms with van der Waals surface area (Å²) in [6.07, 6.45) is 0. The first-order valence-electron chi connectivity index (χ1n) is 10.3. The molecule has 1 saturated carbocycles. The summed E-state index contributed by atoms with van der Waals surface area (Å²) < 4.78 is 26.6. The number of anilines is 3. The van der Waals surface area contributed by atoms with Gasteiger partial charge in [0.1, 0.15) is 15.8 Å². The molecule has 188 valence electrons. The van der Waals surface area contributed by atoms with E-state index in [0.29, 0.717) is 15.6 Å². The number of rotatable bonds is 5. The third-order valence-corrected chi connectivity index (χ3v) is 7.88. The summed E-state index contributed by atoms with van der Waals surface area (Å²) in [5.74, 6) is -4.61. The Labute approximate surface area is 230 Å². The number of nitrogens with two attached hydrogens (primary N) is 1. The highest BCUT2D eigenvalue weighted by Gasteiger charge is 2.67. The van der Waals surface area contributed by atoms with Crippen LogP contribution in [0.3, 0.4) is 0 Å². The third kappa shape index (κ3) is 4.83. The Balaban J connectivity index is 1.55. The zero-order valence-electron chi connectivity index (χ0n) is 18.3. The lowest BCUT2D eigenvalue weighted by Crippen LogP contribution is -2.28. The Morgan fingerprint density at radius 3 is 2.31 bits per heavy atom. The minimum absolute atomic E-state index is 0.0425. The van der Waals surface area contributed by atoms with Crippen LogP contribution in [0.1, 0.15) is 21.8 Å². The van der Waals surface area contributed by atoms with Gasteiger partial charge < -0.3 is 16.0 Å². The van der Waals surface area contributed by atoms with Crippen molar-refractivity contribution in [2.45, 2.75) is 10.3 Å². The molecule has 5 nitrogen and oxygen atoms in total. The predicted molar refractivity (Wildman–Crippen MR) is 141 cm³/mol. The highest BCUT2D eigenvalue weighted by atomic mass is 35.5. The standard InChI is InChI=1S/C24H16Cl5F2N3O2/c1-34(17-7-6-16(30)21(32)20(17)31)23(36)12-9-11(3-5-13(12)25)33-22(35)19-18(24(19,28)29)10-2-4-14(26)15(27)8-10/h2-9,18-19H,32H2,1H3,(H,33,35)/t18-,19?/m0/s1. The van der Waals surface area contributed by atoms with E-state index in [9.17, 15) is 18.4 Å². The Hall–Kier alpha value is -2.29. The fraction of sp³-hybridized carbons (Fsp3) is 0.167. The van der Waals surface area contributed by atoms with Gasteiger partial charge in [-0.2, -0.15) is 0 Å². The van der Waals surface area contributed by atoms with Crippen molar-refractivity contribution in [2.75, 3.05) is 23.0 Å². The van der Waals surface area contributed by atoms with Gasteiger partial charge in [-0.1, -0.05) is 40.9 Å². The summed E-state index contributed by atoms with van der Waals surface area (Å²) in [5.41, 5.74) is 5.26. The lowest BCUT2D eigenvalue weighted by Gasteiger charge is -2.20. The van der Waals surface area contributed by atoms with Crippen LogP contribution in [-0.4, -0.2) is 23.2 Å². The minimum atomic E-state index is -1.38. The van der Waals surface area contributed by atoms with Crippen molar-refractivity contribution in [1.29, 1.82) is 0 Å². The molecule has 1 aliphatic carbocycles. The Kier molecular flexibility index (Phi) is 7.34. The molecule has 2 amide bonds. The summed E-state index contributed by atoms with van der Waals surface area (Å²) >= 11 is 31.0. The van der Waals surface area contributed by atoms with E-state index in [2.05, 4.69) is 5.32 Å². The Bertz CT molecular complexity index is 1400. The van der Waals surface area contributed by atoms with Crippen molar-refractivity contribution in [3.8, 4) is 0 Å². The number of benzene rings is 3. The molecule has 1 aliphatic rings. The van der Waals surface area contributed by atoms with Gasteiger partial charge >= 0.3 is 0 Å². The Morgan fingerprint density at radius 1 is 0.972 bits per heavy atom. The van der Waals surface area contributed by atoms with Crippen molar-refractivity contribution in [1.82, 2.24) is 0 Å². The van der Waals surface area contributed by atoms with Crippen molar-refractivity contribution in [2.24, 2.45) is 5.92 Å². The molecule has 12 heteroatoms. The van der Waals surface area contributed by atoms with E-state index in [1.54, 1.807) is 18.2 Å². The largest absolute Gasteiger partial charge is 0.394 e. The van der Waals surface area contributed by atoms with Gasteiger partial charge in [0.2, 0.25) is 5.91 Å². The lowest BCUT2D eigenvalue weighted by molar-refractivity contribution is -0.117. The van der Waals surface area contributed by atoms with Gasteiger partial charge in [0, 0.05) is 18.7 Å². The second-order valence-electron chi connectivity index (χ2n) is 8.15. The number of carbonyl (C=O) groups excluding carboxylic acids is 2. The highest BCUT2D eigenvalue weighted by molar-refractivity contribution is 6.53. The molecule has 0 radical (unpaired) electrons. The normalized spacial score (nSPS) is 18.0. The summed E-state index contributed by atoms with van der Waals surface area (Å²) in [7, 11) is 1.28. The molecule has 0 spiro atoms. The smallest absolute Gasteiger partial charge is 0.259 e. The first-order chi connectivity index (χ1) is 16.8. The third-order valence-electron chi connectivity index (χ3n) is 5.88. The predicted octanol–water partition coefficient (Wildman–Crippen LogP) is 7.31. The number of alkyl halides is 2. The van der Waals surface area contributed by atoms with Crippen LogP contribution in [0.5, 0.6) is 0 Å². The molecule has 1 fully saturated rings. The monoisotopic (exact) mass is 591 g/mol. The number of amides is 2. The summed E-state index contributed by atoms with van der Waals surface area (Å²) in [5, 5.41) is 3.37. The molecule has 0 aromatic heterocycles. The molecule has 0 bridgehead atoms. The maximum atomic E-state index is 14.4. The van der Waals surface area contributed by atoms with Crippen LogP contribution in [0.25, 0.3) is 0 Å². The van der Waals surface area contributed by atoms with E-state index in [4.69, 9.17) is 63.7 Å². The quantitative estimate of drug-likeness (QED) is 0.241. The van der Waals surface area contributed by atoms with Gasteiger partial charge in [0.05, 0.1) is 32.2 Å². The van der Waals surface area contributed by atoms with Gasteiger partial charge in [0.25, 0.3) is 5.91 Å². The van der Waals surface area contributed by atoms with Crippen molar-refractivity contribution < 1.29 is 18.4 Å². The molecule has 3 aromatic carbocycles. The average Bonchev–Trinajstić information content (AvgIpc) is 3.41. The number of halogens is 7. The van der Waals surface area contributed by atoms with Crippen molar-refractivity contribution >= 4 is 86.9 Å². The van der Waals surface area contributed by atoms with E-state index >= 15 is 0 Å². The van der Waals surface area contributed by atoms with Crippen LogP contribution in [-0.2, 0) is 4.79 Å². The first-order valence-corrected chi connectivity index (χ1v) is 12.2. The van der Waals surface area contributed by atoms with Crippen molar-refractivity contribution in [3.05, 3.63) is 86.4 Å². The fourth-order valence-electron chi connectivity index (χ4n) is 3.87. The topological polar surface area (TPSA) is 75.4 Å². The number of hydrogen-bond acceptors (Lipinski definition) is 3. The number of nitrogens with zero attached hydrogens (tertiary/aromatic N) is 1. The van der Waals surface area contributed by atoms with E-state index < -0.39 is 45.3 Å². The molecule has 36 heavy (non-hydrogen) atoms. The molecule has 1 unspecified atom stereocenters. The van der Waals surface area contributed by atoms with Crippen molar-refractivity contribution in [3.63, 3.8) is 0 Å². The summed E-state index contributed by atoms with van der Waals surface area (Å²) in [6, 6.07) is 11.1. The lowest BCUT2D eigenvalue weighted by atomic mass is 10.1. The second kappa shape index (κ2) is 9.88. The van der Waals surface area contributed by atoms with E-state index in [0.717, 1.165) is 17.0 Å². The van der Waals surface area contributed by atoms with Gasteiger partial charge in [-0.3, -0.25) is 9.59 Å². The van der Waals surface area contributed by atoms with E-state index in [1.165, 1.54) is 25.2 Å². The van der Waals surface area contributed by atoms with Gasteiger partial charge in [-0.25, -0.2) is 8.78 Å². The number of nitrogens with one attached hydrogen (secondary N) is 1. The average molecular weight is 594 g/mol. The maximum Gasteiger partial charge on any atom is 0.259 e. The molecule has 0 aliphatic heterocycles. The van der Waals surface area contributed by atoms with E-state index in [1.807, 2.05) is 0 Å². The van der Waals surface area contributed by atoms with Crippen LogP contribution in [0.2, 0.25) is 15.1 Å². The van der Waals surface area contributed by atoms with Gasteiger partial charge in [-0.05, 0) is 48.0 Å². The van der Waals surface area contributed by atoms with Gasteiger partial charge in [0.15, 0.2) is 5.82 Å². The molecule has 4 rings (SSSR count). The molecular weight excluding hydrogens is 578 g/mol. The minimum Gasteiger partial charge on any atom is -0.394 e. The summed E-state index contributed by atoms with van der Waals surface area (Å²) in [4.78, 5) is 27.0. The van der Waals surface area contributed by atoms with Crippen LogP contribution in [0, 0.1) is 17.6 Å². The molecule has 0 saturated heterocycles. The maximum absolute atomic E-state index is 14.4.